The van der Waals surface area contributed by atoms with E-state index in [0.717, 1.165) is 24.8 Å². The van der Waals surface area contributed by atoms with Crippen molar-refractivity contribution in [2.75, 3.05) is 20.7 Å². The van der Waals surface area contributed by atoms with Crippen LogP contribution in [0, 0.1) is 0 Å². The standard InChI is InChI=1S/C13H20N2O3/c1-4-18-13(17)15-9-5-7-10(11(15)8-6-9)12(16)14(2)3/h7,9,11H,4-6,8H2,1-3H3/t9-,11-/m1/s1. The number of amides is 2. The fourth-order valence-corrected chi connectivity index (χ4v) is 2.78. The van der Waals surface area contributed by atoms with Crippen molar-refractivity contribution in [1.82, 2.24) is 9.80 Å². The Kier molecular flexibility index (Phi) is 3.59. The molecular weight excluding hydrogens is 232 g/mol. The van der Waals surface area contributed by atoms with Crippen LogP contribution in [0.1, 0.15) is 26.2 Å². The average molecular weight is 252 g/mol. The van der Waals surface area contributed by atoms with Gasteiger partial charge >= 0.3 is 6.09 Å². The van der Waals surface area contributed by atoms with E-state index in [2.05, 4.69) is 0 Å². The summed E-state index contributed by atoms with van der Waals surface area (Å²) in [4.78, 5) is 27.4. The molecular formula is C13H20N2O3. The summed E-state index contributed by atoms with van der Waals surface area (Å²) in [6.07, 6.45) is 4.26. The van der Waals surface area contributed by atoms with E-state index in [-0.39, 0.29) is 24.1 Å². The SMILES string of the molecule is CCOC(=O)N1[C@@H]2CC=C(C(=O)N(C)C)[C@H]1CC2. The van der Waals surface area contributed by atoms with Crippen molar-refractivity contribution in [3.05, 3.63) is 11.6 Å². The Morgan fingerprint density at radius 1 is 1.44 bits per heavy atom. The second-order valence-corrected chi connectivity index (χ2v) is 4.95. The lowest BCUT2D eigenvalue weighted by Crippen LogP contribution is -2.47. The number of carbonyl (C=O) groups is 2. The first kappa shape index (κ1) is 12.9. The molecule has 0 N–H and O–H groups in total. The Balaban J connectivity index is 2.20. The average Bonchev–Trinajstić information content (AvgIpc) is 2.63. The van der Waals surface area contributed by atoms with E-state index in [1.807, 2.05) is 6.08 Å². The maximum Gasteiger partial charge on any atom is 0.410 e. The van der Waals surface area contributed by atoms with Crippen LogP contribution in [-0.2, 0) is 9.53 Å². The highest BCUT2D eigenvalue weighted by atomic mass is 16.6. The highest BCUT2D eigenvalue weighted by Crippen LogP contribution is 2.36. The Hall–Kier alpha value is -1.52. The van der Waals surface area contributed by atoms with Crippen LogP contribution in [0.25, 0.3) is 0 Å². The number of hydrogen-bond acceptors (Lipinski definition) is 3. The number of hydrogen-bond donors (Lipinski definition) is 0. The molecule has 0 aromatic carbocycles. The van der Waals surface area contributed by atoms with Crippen molar-refractivity contribution in [1.29, 1.82) is 0 Å². The van der Waals surface area contributed by atoms with Crippen LogP contribution in [0.15, 0.2) is 11.6 Å². The van der Waals surface area contributed by atoms with E-state index in [9.17, 15) is 9.59 Å². The number of carbonyl (C=O) groups excluding carboxylic acids is 2. The van der Waals surface area contributed by atoms with Gasteiger partial charge in [0.25, 0.3) is 5.91 Å². The molecule has 1 fully saturated rings. The van der Waals surface area contributed by atoms with E-state index in [0.29, 0.717) is 6.61 Å². The van der Waals surface area contributed by atoms with Gasteiger partial charge in [-0.05, 0) is 26.2 Å². The zero-order chi connectivity index (χ0) is 13.3. The molecule has 100 valence electrons. The van der Waals surface area contributed by atoms with Crippen LogP contribution in [0.4, 0.5) is 4.79 Å². The molecule has 2 bridgehead atoms. The van der Waals surface area contributed by atoms with Crippen molar-refractivity contribution < 1.29 is 14.3 Å². The van der Waals surface area contributed by atoms with Crippen LogP contribution in [-0.4, -0.2) is 54.6 Å². The highest BCUT2D eigenvalue weighted by molar-refractivity contribution is 5.95. The molecule has 2 heterocycles. The summed E-state index contributed by atoms with van der Waals surface area (Å²) in [6, 6.07) is 0.102. The molecule has 2 rings (SSSR count). The second kappa shape index (κ2) is 5.00. The lowest BCUT2D eigenvalue weighted by molar-refractivity contribution is -0.125. The maximum absolute atomic E-state index is 12.1. The molecule has 2 atom stereocenters. The van der Waals surface area contributed by atoms with Crippen molar-refractivity contribution in [3.63, 3.8) is 0 Å². The minimum atomic E-state index is -0.290. The predicted octanol–water partition coefficient (Wildman–Crippen LogP) is 1.39. The molecule has 0 unspecified atom stereocenters. The summed E-state index contributed by atoms with van der Waals surface area (Å²) in [5.41, 5.74) is 0.738. The molecule has 2 aliphatic heterocycles. The molecule has 18 heavy (non-hydrogen) atoms. The van der Waals surface area contributed by atoms with Gasteiger partial charge in [-0.1, -0.05) is 6.08 Å². The smallest absolute Gasteiger partial charge is 0.410 e. The first-order valence-electron chi connectivity index (χ1n) is 6.43. The highest BCUT2D eigenvalue weighted by Gasteiger charge is 2.44. The Labute approximate surface area is 107 Å². The zero-order valence-electron chi connectivity index (χ0n) is 11.2. The maximum atomic E-state index is 12.1. The summed E-state index contributed by atoms with van der Waals surface area (Å²) in [6.45, 7) is 2.17. The Morgan fingerprint density at radius 2 is 2.17 bits per heavy atom. The van der Waals surface area contributed by atoms with E-state index >= 15 is 0 Å². The minimum Gasteiger partial charge on any atom is -0.450 e. The Morgan fingerprint density at radius 3 is 2.78 bits per heavy atom. The summed E-state index contributed by atoms with van der Waals surface area (Å²) in [5, 5.41) is 0. The molecule has 0 saturated carbocycles. The number of nitrogens with zero attached hydrogens (tertiary/aromatic N) is 2. The van der Waals surface area contributed by atoms with Gasteiger partial charge in [0.2, 0.25) is 0 Å². The molecule has 2 aliphatic rings. The van der Waals surface area contributed by atoms with Crippen LogP contribution >= 0.6 is 0 Å². The minimum absolute atomic E-state index is 0.00496. The lowest BCUT2D eigenvalue weighted by Gasteiger charge is -2.34. The van der Waals surface area contributed by atoms with Crippen molar-refractivity contribution in [2.45, 2.75) is 38.3 Å². The van der Waals surface area contributed by atoms with Crippen LogP contribution in [0.2, 0.25) is 0 Å². The molecule has 2 amide bonds. The fourth-order valence-electron chi connectivity index (χ4n) is 2.78. The van der Waals surface area contributed by atoms with Gasteiger partial charge in [0.1, 0.15) is 0 Å². The fraction of sp³-hybridized carbons (Fsp3) is 0.692. The quantitative estimate of drug-likeness (QED) is 0.746. The van der Waals surface area contributed by atoms with Gasteiger partial charge in [-0.2, -0.15) is 0 Å². The van der Waals surface area contributed by atoms with E-state index in [1.54, 1.807) is 30.8 Å². The first-order valence-corrected chi connectivity index (χ1v) is 6.43. The van der Waals surface area contributed by atoms with Crippen LogP contribution in [0.5, 0.6) is 0 Å². The van der Waals surface area contributed by atoms with Crippen molar-refractivity contribution in [2.24, 2.45) is 0 Å². The van der Waals surface area contributed by atoms with Gasteiger partial charge in [0.05, 0.1) is 12.6 Å². The lowest BCUT2D eigenvalue weighted by atomic mass is 10.0. The first-order chi connectivity index (χ1) is 8.56. The number of ether oxygens (including phenoxy) is 1. The van der Waals surface area contributed by atoms with Gasteiger partial charge in [-0.15, -0.1) is 0 Å². The van der Waals surface area contributed by atoms with Crippen molar-refractivity contribution in [3.8, 4) is 0 Å². The molecule has 0 aromatic rings. The van der Waals surface area contributed by atoms with Crippen molar-refractivity contribution >= 4 is 12.0 Å². The monoisotopic (exact) mass is 252 g/mol. The largest absolute Gasteiger partial charge is 0.450 e. The van der Waals surface area contributed by atoms with E-state index in [1.165, 1.54) is 0 Å². The molecule has 0 aromatic heterocycles. The number of likely N-dealkylation sites (N-methyl/N-ethyl adjacent to an activating group) is 1. The van der Waals surface area contributed by atoms with Crippen LogP contribution < -0.4 is 0 Å². The third-order valence-electron chi connectivity index (χ3n) is 3.60. The van der Waals surface area contributed by atoms with Gasteiger partial charge in [0, 0.05) is 25.7 Å². The van der Waals surface area contributed by atoms with Gasteiger partial charge in [0.15, 0.2) is 0 Å². The van der Waals surface area contributed by atoms with Crippen LogP contribution in [0.3, 0.4) is 0 Å². The Bertz CT molecular complexity index is 390. The topological polar surface area (TPSA) is 49.9 Å². The normalized spacial score (nSPS) is 25.7. The third kappa shape index (κ3) is 2.09. The summed E-state index contributed by atoms with van der Waals surface area (Å²) in [5.74, 6) is -0.00496. The van der Waals surface area contributed by atoms with E-state index < -0.39 is 0 Å². The summed E-state index contributed by atoms with van der Waals surface area (Å²) in [7, 11) is 3.47. The number of fused-ring (bicyclic) bond motifs is 2. The number of rotatable bonds is 2. The van der Waals surface area contributed by atoms with Gasteiger partial charge < -0.3 is 9.64 Å². The molecule has 0 radical (unpaired) electrons. The molecule has 0 aliphatic carbocycles. The zero-order valence-corrected chi connectivity index (χ0v) is 11.2. The second-order valence-electron chi connectivity index (χ2n) is 4.95. The van der Waals surface area contributed by atoms with E-state index in [4.69, 9.17) is 4.74 Å². The summed E-state index contributed by atoms with van der Waals surface area (Å²) < 4.78 is 5.09. The molecule has 0 spiro atoms. The molecule has 1 saturated heterocycles. The van der Waals surface area contributed by atoms with Gasteiger partial charge in [-0.3, -0.25) is 9.69 Å². The molecule has 5 nitrogen and oxygen atoms in total. The van der Waals surface area contributed by atoms with Gasteiger partial charge in [-0.25, -0.2) is 4.79 Å². The predicted molar refractivity (Wildman–Crippen MR) is 67.1 cm³/mol. The summed E-state index contributed by atoms with van der Waals surface area (Å²) >= 11 is 0. The molecule has 5 heteroatoms. The third-order valence-corrected chi connectivity index (χ3v) is 3.60.